The topological polar surface area (TPSA) is 50.7 Å². The molecule has 0 aromatic heterocycles. The van der Waals surface area contributed by atoms with Crippen molar-refractivity contribution in [2.24, 2.45) is 0 Å². The summed E-state index contributed by atoms with van der Waals surface area (Å²) in [4.78, 5) is 0. The number of para-hydroxylation sites is 1. The molecule has 0 saturated heterocycles. The monoisotopic (exact) mass is 333 g/mol. The molecule has 0 radical (unpaired) electrons. The van der Waals surface area contributed by atoms with Crippen molar-refractivity contribution in [3.05, 3.63) is 59.4 Å². The summed E-state index contributed by atoms with van der Waals surface area (Å²) < 4.78 is 25.3. The van der Waals surface area contributed by atoms with Crippen LogP contribution in [0.25, 0.3) is 0 Å². The summed E-state index contributed by atoms with van der Waals surface area (Å²) in [5, 5.41) is 12.5. The number of nitrogens with one attached hydrogen (secondary N) is 1. The van der Waals surface area contributed by atoms with Gasteiger partial charge in [0.25, 0.3) is 0 Å². The Labute approximate surface area is 142 Å². The van der Waals surface area contributed by atoms with Crippen molar-refractivity contribution in [3.63, 3.8) is 0 Å². The molecule has 2 aromatic rings. The van der Waals surface area contributed by atoms with E-state index in [9.17, 15) is 9.50 Å². The third-order valence-electron chi connectivity index (χ3n) is 3.45. The van der Waals surface area contributed by atoms with Gasteiger partial charge >= 0.3 is 0 Å². The molecule has 0 fully saturated rings. The van der Waals surface area contributed by atoms with Gasteiger partial charge in [-0.2, -0.15) is 0 Å². The second-order valence-electron chi connectivity index (χ2n) is 5.54. The summed E-state index contributed by atoms with van der Waals surface area (Å²) in [5.74, 6) is 0.936. The van der Waals surface area contributed by atoms with Gasteiger partial charge in [-0.05, 0) is 26.0 Å². The Kier molecular flexibility index (Phi) is 7.03. The van der Waals surface area contributed by atoms with Crippen molar-refractivity contribution in [1.29, 1.82) is 0 Å². The fourth-order valence-electron chi connectivity index (χ4n) is 2.31. The summed E-state index contributed by atoms with van der Waals surface area (Å²) in [7, 11) is 0. The first kappa shape index (κ1) is 18.2. The normalized spacial score (nSPS) is 12.0. The number of ether oxygens (including phenoxy) is 2. The van der Waals surface area contributed by atoms with E-state index in [1.54, 1.807) is 25.1 Å². The fraction of sp³-hybridized carbons (Fsp3) is 0.368. The molecule has 0 bridgehead atoms. The van der Waals surface area contributed by atoms with Crippen molar-refractivity contribution < 1.29 is 19.0 Å². The van der Waals surface area contributed by atoms with Gasteiger partial charge in [0.2, 0.25) is 0 Å². The summed E-state index contributed by atoms with van der Waals surface area (Å²) >= 11 is 0. The van der Waals surface area contributed by atoms with E-state index in [-0.39, 0.29) is 12.4 Å². The number of rotatable bonds is 9. The summed E-state index contributed by atoms with van der Waals surface area (Å²) in [6.07, 6.45) is -0.428. The highest BCUT2D eigenvalue weighted by Crippen LogP contribution is 2.32. The zero-order valence-electron chi connectivity index (χ0n) is 14.1. The average molecular weight is 333 g/mol. The molecule has 0 spiro atoms. The highest BCUT2D eigenvalue weighted by molar-refractivity contribution is 5.46. The first-order valence-corrected chi connectivity index (χ1v) is 8.11. The van der Waals surface area contributed by atoms with E-state index in [1.807, 2.05) is 25.1 Å². The second-order valence-corrected chi connectivity index (χ2v) is 5.54. The average Bonchev–Trinajstić information content (AvgIpc) is 2.55. The fourth-order valence-corrected chi connectivity index (χ4v) is 2.31. The molecule has 1 unspecified atom stereocenters. The second kappa shape index (κ2) is 9.25. The Morgan fingerprint density at radius 2 is 1.83 bits per heavy atom. The third kappa shape index (κ3) is 5.22. The van der Waals surface area contributed by atoms with Gasteiger partial charge in [0.05, 0.1) is 12.7 Å². The third-order valence-corrected chi connectivity index (χ3v) is 3.45. The number of aliphatic hydroxyl groups is 1. The first-order valence-electron chi connectivity index (χ1n) is 8.11. The number of hydrogen-bond acceptors (Lipinski definition) is 4. The van der Waals surface area contributed by atoms with Gasteiger partial charge in [0, 0.05) is 24.2 Å². The van der Waals surface area contributed by atoms with Crippen LogP contribution in [0, 0.1) is 5.82 Å². The van der Waals surface area contributed by atoms with Crippen molar-refractivity contribution in [1.82, 2.24) is 5.32 Å². The van der Waals surface area contributed by atoms with Crippen molar-refractivity contribution >= 4 is 0 Å². The van der Waals surface area contributed by atoms with Gasteiger partial charge in [0.15, 0.2) is 11.5 Å². The molecule has 130 valence electrons. The molecule has 4 nitrogen and oxygen atoms in total. The Balaban J connectivity index is 2.16. The van der Waals surface area contributed by atoms with Crippen LogP contribution in [0.2, 0.25) is 0 Å². The van der Waals surface area contributed by atoms with Crippen LogP contribution in [-0.2, 0) is 13.2 Å². The SMILES string of the molecule is CCOc1cccc(CNCC(C)O)c1OCc1ccccc1F. The predicted molar refractivity (Wildman–Crippen MR) is 91.7 cm³/mol. The Morgan fingerprint density at radius 1 is 1.08 bits per heavy atom. The molecule has 0 saturated carbocycles. The number of aliphatic hydroxyl groups excluding tert-OH is 1. The van der Waals surface area contributed by atoms with E-state index in [0.29, 0.717) is 36.8 Å². The van der Waals surface area contributed by atoms with Gasteiger partial charge in [-0.1, -0.05) is 30.3 Å². The molecule has 2 rings (SSSR count). The lowest BCUT2D eigenvalue weighted by molar-refractivity contribution is 0.190. The minimum atomic E-state index is -0.428. The van der Waals surface area contributed by atoms with Crippen LogP contribution in [0.4, 0.5) is 4.39 Å². The Hall–Kier alpha value is -2.11. The van der Waals surface area contributed by atoms with Crippen LogP contribution in [0.15, 0.2) is 42.5 Å². The van der Waals surface area contributed by atoms with E-state index in [2.05, 4.69) is 5.32 Å². The predicted octanol–water partition coefficient (Wildman–Crippen LogP) is 3.27. The van der Waals surface area contributed by atoms with E-state index in [1.165, 1.54) is 6.07 Å². The molecule has 0 amide bonds. The molecular weight excluding hydrogens is 309 g/mol. The number of benzene rings is 2. The van der Waals surface area contributed by atoms with E-state index >= 15 is 0 Å². The highest BCUT2D eigenvalue weighted by Gasteiger charge is 2.12. The Bertz CT molecular complexity index is 646. The largest absolute Gasteiger partial charge is 0.490 e. The van der Waals surface area contributed by atoms with Gasteiger partial charge in [0.1, 0.15) is 12.4 Å². The van der Waals surface area contributed by atoms with Crippen LogP contribution in [0.1, 0.15) is 25.0 Å². The highest BCUT2D eigenvalue weighted by atomic mass is 19.1. The zero-order valence-corrected chi connectivity index (χ0v) is 14.1. The van der Waals surface area contributed by atoms with E-state index in [0.717, 1.165) is 5.56 Å². The van der Waals surface area contributed by atoms with Gasteiger partial charge in [-0.25, -0.2) is 4.39 Å². The van der Waals surface area contributed by atoms with Crippen molar-refractivity contribution in [3.8, 4) is 11.5 Å². The standard InChI is InChI=1S/C19H24FNO3/c1-3-23-18-10-6-8-15(12-21-11-14(2)22)19(18)24-13-16-7-4-5-9-17(16)20/h4-10,14,21-22H,3,11-13H2,1-2H3. The number of halogens is 1. The van der Waals surface area contributed by atoms with Crippen LogP contribution >= 0.6 is 0 Å². The molecule has 24 heavy (non-hydrogen) atoms. The quantitative estimate of drug-likeness (QED) is 0.739. The van der Waals surface area contributed by atoms with Gasteiger partial charge in [-0.3, -0.25) is 0 Å². The molecule has 0 aliphatic rings. The van der Waals surface area contributed by atoms with Crippen LogP contribution in [0.3, 0.4) is 0 Å². The minimum Gasteiger partial charge on any atom is -0.490 e. The molecule has 0 aliphatic heterocycles. The molecule has 2 aromatic carbocycles. The molecule has 5 heteroatoms. The summed E-state index contributed by atoms with van der Waals surface area (Å²) in [6, 6.07) is 12.2. The maximum Gasteiger partial charge on any atom is 0.166 e. The minimum absolute atomic E-state index is 0.125. The first-order chi connectivity index (χ1) is 11.6. The van der Waals surface area contributed by atoms with Gasteiger partial charge in [-0.15, -0.1) is 0 Å². The molecular formula is C19H24FNO3. The van der Waals surface area contributed by atoms with Crippen molar-refractivity contribution in [2.75, 3.05) is 13.2 Å². The van der Waals surface area contributed by atoms with Crippen LogP contribution in [-0.4, -0.2) is 24.4 Å². The maximum absolute atomic E-state index is 13.8. The van der Waals surface area contributed by atoms with Crippen molar-refractivity contribution in [2.45, 2.75) is 33.1 Å². The van der Waals surface area contributed by atoms with E-state index < -0.39 is 6.10 Å². The molecule has 0 heterocycles. The van der Waals surface area contributed by atoms with E-state index in [4.69, 9.17) is 9.47 Å². The smallest absolute Gasteiger partial charge is 0.166 e. The van der Waals surface area contributed by atoms with Crippen LogP contribution in [0.5, 0.6) is 11.5 Å². The van der Waals surface area contributed by atoms with Crippen LogP contribution < -0.4 is 14.8 Å². The number of hydrogen-bond donors (Lipinski definition) is 2. The molecule has 0 aliphatic carbocycles. The lowest BCUT2D eigenvalue weighted by atomic mass is 10.1. The Morgan fingerprint density at radius 3 is 2.54 bits per heavy atom. The maximum atomic E-state index is 13.8. The van der Waals surface area contributed by atoms with Gasteiger partial charge < -0.3 is 19.9 Å². The lowest BCUT2D eigenvalue weighted by Gasteiger charge is -2.17. The molecule has 2 N–H and O–H groups in total. The summed E-state index contributed by atoms with van der Waals surface area (Å²) in [6.45, 7) is 5.27. The zero-order chi connectivity index (χ0) is 17.4. The summed E-state index contributed by atoms with van der Waals surface area (Å²) in [5.41, 5.74) is 1.39. The molecule has 1 atom stereocenters. The lowest BCUT2D eigenvalue weighted by Crippen LogP contribution is -2.24.